The minimum Gasteiger partial charge on any atom is -0.275 e. The van der Waals surface area contributed by atoms with Gasteiger partial charge in [0, 0.05) is 10.3 Å². The first-order chi connectivity index (χ1) is 7.13. The molecular formula is C11H16N3O+. The zero-order chi connectivity index (χ0) is 11.0. The zero-order valence-electron chi connectivity index (χ0n) is 9.53. The van der Waals surface area contributed by atoms with E-state index in [0.717, 1.165) is 16.7 Å². The standard InChI is InChI=1S/C11H15N3O/c1-7(2)9-5-10-11(8(3)12-13-10)14(6-9)15-4/h5-7H,1-4H3/p+1. The van der Waals surface area contributed by atoms with E-state index < -0.39 is 0 Å². The average Bonchev–Trinajstić information content (AvgIpc) is 2.59. The number of pyridine rings is 1. The Balaban J connectivity index is 2.73. The van der Waals surface area contributed by atoms with E-state index in [1.54, 1.807) is 11.8 Å². The van der Waals surface area contributed by atoms with Crippen molar-refractivity contribution in [1.29, 1.82) is 0 Å². The van der Waals surface area contributed by atoms with E-state index in [9.17, 15) is 0 Å². The maximum absolute atomic E-state index is 5.31. The summed E-state index contributed by atoms with van der Waals surface area (Å²) < 4.78 is 1.77. The fourth-order valence-electron chi connectivity index (χ4n) is 1.68. The summed E-state index contributed by atoms with van der Waals surface area (Å²) in [5, 5.41) is 7.21. The Kier molecular flexibility index (Phi) is 2.34. The Morgan fingerprint density at radius 1 is 1.47 bits per heavy atom. The van der Waals surface area contributed by atoms with Gasteiger partial charge in [-0.3, -0.25) is 9.94 Å². The van der Waals surface area contributed by atoms with Gasteiger partial charge in [0.05, 0.1) is 0 Å². The normalized spacial score (nSPS) is 11.3. The number of nitrogens with one attached hydrogen (secondary N) is 1. The van der Waals surface area contributed by atoms with Gasteiger partial charge in [-0.2, -0.15) is 5.10 Å². The highest BCUT2D eigenvalue weighted by Gasteiger charge is 2.19. The molecule has 0 unspecified atom stereocenters. The van der Waals surface area contributed by atoms with Crippen LogP contribution in [0.3, 0.4) is 0 Å². The van der Waals surface area contributed by atoms with Crippen LogP contribution in [-0.2, 0) is 0 Å². The van der Waals surface area contributed by atoms with Gasteiger partial charge in [0.25, 0.3) is 0 Å². The van der Waals surface area contributed by atoms with Gasteiger partial charge in [0.1, 0.15) is 12.8 Å². The zero-order valence-corrected chi connectivity index (χ0v) is 9.53. The second-order valence-corrected chi connectivity index (χ2v) is 4.02. The SMILES string of the molecule is CO[n+]1cc(C(C)C)cc2n[nH]c(C)c21. The summed E-state index contributed by atoms with van der Waals surface area (Å²) in [6.07, 6.45) is 2.01. The molecule has 0 saturated carbocycles. The van der Waals surface area contributed by atoms with Crippen molar-refractivity contribution in [3.8, 4) is 0 Å². The van der Waals surface area contributed by atoms with Crippen molar-refractivity contribution < 1.29 is 9.57 Å². The highest BCUT2D eigenvalue weighted by atomic mass is 16.6. The van der Waals surface area contributed by atoms with Crippen LogP contribution >= 0.6 is 0 Å². The van der Waals surface area contributed by atoms with Crippen LogP contribution in [0.2, 0.25) is 0 Å². The second-order valence-electron chi connectivity index (χ2n) is 4.02. The molecule has 0 amide bonds. The lowest BCUT2D eigenvalue weighted by Crippen LogP contribution is -2.41. The quantitative estimate of drug-likeness (QED) is 0.753. The molecule has 2 aromatic heterocycles. The van der Waals surface area contributed by atoms with Crippen LogP contribution in [-0.4, -0.2) is 17.3 Å². The molecule has 0 aliphatic heterocycles. The van der Waals surface area contributed by atoms with Crippen molar-refractivity contribution in [3.05, 3.63) is 23.5 Å². The second kappa shape index (κ2) is 3.53. The molecule has 2 aromatic rings. The van der Waals surface area contributed by atoms with E-state index >= 15 is 0 Å². The largest absolute Gasteiger partial charge is 0.305 e. The summed E-state index contributed by atoms with van der Waals surface area (Å²) in [7, 11) is 1.66. The number of fused-ring (bicyclic) bond motifs is 1. The first kappa shape index (κ1) is 9.96. The topological polar surface area (TPSA) is 41.8 Å². The van der Waals surface area contributed by atoms with E-state index in [1.807, 2.05) is 13.1 Å². The van der Waals surface area contributed by atoms with Gasteiger partial charge in [-0.1, -0.05) is 13.8 Å². The van der Waals surface area contributed by atoms with Crippen LogP contribution in [0.15, 0.2) is 12.3 Å². The lowest BCUT2D eigenvalue weighted by molar-refractivity contribution is -0.865. The molecule has 2 heterocycles. The van der Waals surface area contributed by atoms with Crippen molar-refractivity contribution in [2.75, 3.05) is 7.11 Å². The molecular weight excluding hydrogens is 190 g/mol. The van der Waals surface area contributed by atoms with E-state index in [1.165, 1.54) is 5.56 Å². The summed E-state index contributed by atoms with van der Waals surface area (Å²) in [6.45, 7) is 6.29. The number of hydrogen-bond donors (Lipinski definition) is 1. The molecule has 0 radical (unpaired) electrons. The van der Waals surface area contributed by atoms with Gasteiger partial charge in [0.2, 0.25) is 6.20 Å². The first-order valence-corrected chi connectivity index (χ1v) is 5.08. The third-order valence-electron chi connectivity index (χ3n) is 2.60. The maximum Gasteiger partial charge on any atom is 0.305 e. The van der Waals surface area contributed by atoms with E-state index in [2.05, 4.69) is 30.1 Å². The Morgan fingerprint density at radius 2 is 2.20 bits per heavy atom. The Labute approximate surface area is 88.8 Å². The van der Waals surface area contributed by atoms with Crippen LogP contribution in [0.25, 0.3) is 11.0 Å². The summed E-state index contributed by atoms with van der Waals surface area (Å²) >= 11 is 0. The average molecular weight is 206 g/mol. The number of H-pyrrole nitrogens is 1. The molecule has 0 fully saturated rings. The molecule has 2 rings (SSSR count). The molecule has 80 valence electrons. The summed E-state index contributed by atoms with van der Waals surface area (Å²) in [5.74, 6) is 0.466. The highest BCUT2D eigenvalue weighted by Crippen LogP contribution is 2.17. The Morgan fingerprint density at radius 3 is 2.80 bits per heavy atom. The summed E-state index contributed by atoms with van der Waals surface area (Å²) in [6, 6.07) is 2.10. The predicted octanol–water partition coefficient (Wildman–Crippen LogP) is 1.34. The van der Waals surface area contributed by atoms with E-state index in [-0.39, 0.29) is 0 Å². The van der Waals surface area contributed by atoms with Crippen molar-refractivity contribution in [1.82, 2.24) is 10.2 Å². The van der Waals surface area contributed by atoms with Crippen molar-refractivity contribution >= 4 is 11.0 Å². The van der Waals surface area contributed by atoms with Crippen LogP contribution < -0.4 is 9.57 Å². The van der Waals surface area contributed by atoms with Crippen LogP contribution in [0.5, 0.6) is 0 Å². The molecule has 4 nitrogen and oxygen atoms in total. The molecule has 0 spiro atoms. The van der Waals surface area contributed by atoms with Crippen molar-refractivity contribution in [2.24, 2.45) is 0 Å². The highest BCUT2D eigenvalue weighted by molar-refractivity contribution is 5.73. The smallest absolute Gasteiger partial charge is 0.275 e. The maximum atomic E-state index is 5.31. The fourth-order valence-corrected chi connectivity index (χ4v) is 1.68. The van der Waals surface area contributed by atoms with Gasteiger partial charge in [0.15, 0.2) is 5.52 Å². The van der Waals surface area contributed by atoms with E-state index in [0.29, 0.717) is 5.92 Å². The molecule has 1 N–H and O–H groups in total. The number of aromatic amines is 1. The van der Waals surface area contributed by atoms with Crippen molar-refractivity contribution in [2.45, 2.75) is 26.7 Å². The molecule has 0 bridgehead atoms. The van der Waals surface area contributed by atoms with Gasteiger partial charge < -0.3 is 0 Å². The van der Waals surface area contributed by atoms with Crippen LogP contribution in [0.1, 0.15) is 31.0 Å². The van der Waals surface area contributed by atoms with Gasteiger partial charge in [-0.25, -0.2) is 0 Å². The monoisotopic (exact) mass is 206 g/mol. The third-order valence-corrected chi connectivity index (χ3v) is 2.60. The van der Waals surface area contributed by atoms with Crippen LogP contribution in [0, 0.1) is 6.92 Å². The molecule has 0 atom stereocenters. The van der Waals surface area contributed by atoms with Crippen LogP contribution in [0.4, 0.5) is 0 Å². The first-order valence-electron chi connectivity index (χ1n) is 5.08. The molecule has 0 aliphatic rings. The minimum atomic E-state index is 0.466. The predicted molar refractivity (Wildman–Crippen MR) is 57.6 cm³/mol. The third kappa shape index (κ3) is 1.56. The number of hydrogen-bond acceptors (Lipinski definition) is 2. The molecule has 0 aromatic carbocycles. The molecule has 0 saturated heterocycles. The lowest BCUT2D eigenvalue weighted by Gasteiger charge is -2.02. The number of aromatic nitrogens is 3. The van der Waals surface area contributed by atoms with Gasteiger partial charge >= 0.3 is 5.52 Å². The number of nitrogens with zero attached hydrogens (tertiary/aromatic N) is 2. The van der Waals surface area contributed by atoms with Crippen molar-refractivity contribution in [3.63, 3.8) is 0 Å². The Bertz CT molecular complexity index is 488. The molecule has 15 heavy (non-hydrogen) atoms. The molecule has 0 aliphatic carbocycles. The number of rotatable bonds is 2. The lowest BCUT2D eigenvalue weighted by atomic mass is 10.1. The minimum absolute atomic E-state index is 0.466. The van der Waals surface area contributed by atoms with Gasteiger partial charge in [-0.05, 0) is 18.9 Å². The van der Waals surface area contributed by atoms with Gasteiger partial charge in [-0.15, -0.1) is 0 Å². The van der Waals surface area contributed by atoms with E-state index in [4.69, 9.17) is 4.84 Å². The fraction of sp³-hybridized carbons (Fsp3) is 0.455. The Hall–Kier alpha value is -1.58. The summed E-state index contributed by atoms with van der Waals surface area (Å²) in [5.41, 5.74) is 4.18. The number of aryl methyl sites for hydroxylation is 1. The molecule has 4 heteroatoms. The summed E-state index contributed by atoms with van der Waals surface area (Å²) in [4.78, 5) is 5.31.